The molecular weight excluding hydrogens is 444 g/mol. The van der Waals surface area contributed by atoms with Crippen LogP contribution in [0.4, 0.5) is 0 Å². The monoisotopic (exact) mass is 466 g/mol. The number of carbonyl (C=O) groups is 1. The van der Waals surface area contributed by atoms with Crippen LogP contribution in [-0.2, 0) is 29.7 Å². The summed E-state index contributed by atoms with van der Waals surface area (Å²) in [7, 11) is -3.78. The molecule has 0 aliphatic heterocycles. The Hall–Kier alpha value is -3.20. The summed E-state index contributed by atoms with van der Waals surface area (Å²) in [5.41, 5.74) is 1.15. The zero-order valence-corrected chi connectivity index (χ0v) is 18.8. The van der Waals surface area contributed by atoms with Gasteiger partial charge in [-0.3, -0.25) is 4.79 Å². The number of benzene rings is 2. The van der Waals surface area contributed by atoms with Crippen LogP contribution < -0.4 is 4.72 Å². The topological polar surface area (TPSA) is 79.6 Å². The minimum atomic E-state index is -3.78. The smallest absolute Gasteiger partial charge is 0.254 e. The van der Waals surface area contributed by atoms with Crippen molar-refractivity contribution in [3.63, 3.8) is 0 Å². The van der Waals surface area contributed by atoms with Gasteiger partial charge >= 0.3 is 0 Å². The third-order valence-electron chi connectivity index (χ3n) is 4.84. The second kappa shape index (κ2) is 9.95. The maximum absolute atomic E-state index is 13.3. The van der Waals surface area contributed by atoms with Crippen LogP contribution in [0.15, 0.2) is 99.8 Å². The number of hydrogen-bond donors (Lipinski definition) is 1. The van der Waals surface area contributed by atoms with Crippen LogP contribution in [0.1, 0.15) is 26.6 Å². The number of amides is 1. The fourth-order valence-corrected chi connectivity index (χ4v) is 5.00. The van der Waals surface area contributed by atoms with Gasteiger partial charge in [0.15, 0.2) is 0 Å². The Kier molecular flexibility index (Phi) is 6.84. The van der Waals surface area contributed by atoms with Crippen molar-refractivity contribution >= 4 is 27.3 Å². The molecule has 32 heavy (non-hydrogen) atoms. The summed E-state index contributed by atoms with van der Waals surface area (Å²) in [6, 6.07) is 22.9. The van der Waals surface area contributed by atoms with Crippen molar-refractivity contribution in [3.05, 3.63) is 112 Å². The molecule has 4 rings (SSSR count). The molecular formula is C24H22N2O4S2. The summed E-state index contributed by atoms with van der Waals surface area (Å²) in [6.45, 7) is 0.859. The highest BCUT2D eigenvalue weighted by atomic mass is 32.2. The van der Waals surface area contributed by atoms with Gasteiger partial charge in [-0.25, -0.2) is 13.1 Å². The van der Waals surface area contributed by atoms with E-state index in [1.807, 2.05) is 53.9 Å². The molecule has 8 heteroatoms. The number of thiophene rings is 1. The van der Waals surface area contributed by atoms with Crippen LogP contribution in [-0.4, -0.2) is 19.2 Å². The first kappa shape index (κ1) is 22.0. The van der Waals surface area contributed by atoms with Crippen LogP contribution in [0.3, 0.4) is 0 Å². The van der Waals surface area contributed by atoms with Crippen molar-refractivity contribution in [3.8, 4) is 0 Å². The molecule has 164 valence electrons. The zero-order valence-electron chi connectivity index (χ0n) is 17.2. The van der Waals surface area contributed by atoms with Gasteiger partial charge in [-0.1, -0.05) is 42.5 Å². The van der Waals surface area contributed by atoms with Crippen LogP contribution in [0.25, 0.3) is 0 Å². The van der Waals surface area contributed by atoms with Gasteiger partial charge in [-0.15, -0.1) is 11.3 Å². The van der Waals surface area contributed by atoms with Gasteiger partial charge in [0.25, 0.3) is 5.91 Å². The number of furan rings is 1. The van der Waals surface area contributed by atoms with E-state index < -0.39 is 10.0 Å². The first-order valence-corrected chi connectivity index (χ1v) is 12.4. The Balaban J connectivity index is 1.54. The van der Waals surface area contributed by atoms with Gasteiger partial charge < -0.3 is 9.32 Å². The van der Waals surface area contributed by atoms with Crippen molar-refractivity contribution in [2.45, 2.75) is 24.5 Å². The molecule has 4 aromatic rings. The molecule has 1 amide bonds. The Bertz CT molecular complexity index is 1220. The van der Waals surface area contributed by atoms with E-state index in [9.17, 15) is 13.2 Å². The molecule has 0 bridgehead atoms. The lowest BCUT2D eigenvalue weighted by Gasteiger charge is -2.21. The predicted molar refractivity (Wildman–Crippen MR) is 124 cm³/mol. The highest BCUT2D eigenvalue weighted by Crippen LogP contribution is 2.19. The van der Waals surface area contributed by atoms with Crippen molar-refractivity contribution in [1.82, 2.24) is 9.62 Å². The number of rotatable bonds is 9. The first-order chi connectivity index (χ1) is 15.5. The number of sulfonamides is 1. The molecule has 0 aliphatic rings. The Morgan fingerprint density at radius 3 is 2.50 bits per heavy atom. The lowest BCUT2D eigenvalue weighted by Crippen LogP contribution is -2.30. The first-order valence-electron chi connectivity index (χ1n) is 9.99. The third kappa shape index (κ3) is 5.53. The van der Waals surface area contributed by atoms with E-state index >= 15 is 0 Å². The normalized spacial score (nSPS) is 11.4. The van der Waals surface area contributed by atoms with Crippen LogP contribution in [0, 0.1) is 0 Å². The maximum Gasteiger partial charge on any atom is 0.254 e. The summed E-state index contributed by atoms with van der Waals surface area (Å²) in [5, 5.41) is 1.95. The fraction of sp³-hybridized carbons (Fsp3) is 0.125. The molecule has 2 aromatic carbocycles. The van der Waals surface area contributed by atoms with Gasteiger partial charge in [-0.2, -0.15) is 0 Å². The van der Waals surface area contributed by atoms with E-state index in [0.717, 1.165) is 10.4 Å². The molecule has 0 fully saturated rings. The molecule has 2 heterocycles. The lowest BCUT2D eigenvalue weighted by atomic mass is 10.2. The number of hydrogen-bond acceptors (Lipinski definition) is 5. The second-order valence-corrected chi connectivity index (χ2v) is 9.96. The molecule has 0 unspecified atom stereocenters. The van der Waals surface area contributed by atoms with E-state index in [2.05, 4.69) is 4.72 Å². The summed E-state index contributed by atoms with van der Waals surface area (Å²) < 4.78 is 33.6. The average molecular weight is 467 g/mol. The van der Waals surface area contributed by atoms with Crippen molar-refractivity contribution in [2.75, 3.05) is 0 Å². The fourth-order valence-electron chi connectivity index (χ4n) is 3.22. The number of carbonyl (C=O) groups excluding carboxylic acids is 1. The minimum Gasteiger partial charge on any atom is -0.467 e. The molecule has 0 aliphatic carbocycles. The lowest BCUT2D eigenvalue weighted by molar-refractivity contribution is 0.0719. The van der Waals surface area contributed by atoms with Gasteiger partial charge in [0.05, 0.1) is 24.2 Å². The van der Waals surface area contributed by atoms with E-state index in [1.54, 1.807) is 40.7 Å². The highest BCUT2D eigenvalue weighted by molar-refractivity contribution is 7.89. The molecule has 0 spiro atoms. The molecule has 0 saturated carbocycles. The molecule has 1 N–H and O–H groups in total. The summed E-state index contributed by atoms with van der Waals surface area (Å²) >= 11 is 1.56. The van der Waals surface area contributed by atoms with E-state index in [-0.39, 0.29) is 23.9 Å². The highest BCUT2D eigenvalue weighted by Gasteiger charge is 2.21. The Morgan fingerprint density at radius 2 is 1.78 bits per heavy atom. The number of nitrogens with one attached hydrogen (secondary N) is 1. The van der Waals surface area contributed by atoms with Crippen molar-refractivity contribution in [2.24, 2.45) is 0 Å². The third-order valence-corrected chi connectivity index (χ3v) is 7.10. The predicted octanol–water partition coefficient (Wildman–Crippen LogP) is 4.66. The quantitative estimate of drug-likeness (QED) is 0.389. The zero-order chi connectivity index (χ0) is 22.4. The van der Waals surface area contributed by atoms with Gasteiger partial charge in [0, 0.05) is 17.0 Å². The summed E-state index contributed by atoms with van der Waals surface area (Å²) in [5.74, 6) is 0.387. The Morgan fingerprint density at radius 1 is 0.938 bits per heavy atom. The second-order valence-electron chi connectivity index (χ2n) is 7.16. The van der Waals surface area contributed by atoms with Gasteiger partial charge in [-0.05, 0) is 47.3 Å². The van der Waals surface area contributed by atoms with E-state index in [0.29, 0.717) is 17.9 Å². The maximum atomic E-state index is 13.3. The molecule has 0 saturated heterocycles. The minimum absolute atomic E-state index is 0.0494. The molecule has 2 aromatic heterocycles. The largest absolute Gasteiger partial charge is 0.467 e. The molecule has 0 radical (unpaired) electrons. The SMILES string of the molecule is O=C(c1cccc(S(=O)(=O)NCc2ccccc2)c1)N(Cc1ccco1)Cc1cccs1. The molecule has 6 nitrogen and oxygen atoms in total. The van der Waals surface area contributed by atoms with Crippen LogP contribution in [0.5, 0.6) is 0 Å². The summed E-state index contributed by atoms with van der Waals surface area (Å²) in [4.78, 5) is 16.1. The van der Waals surface area contributed by atoms with Crippen molar-refractivity contribution < 1.29 is 17.6 Å². The summed E-state index contributed by atoms with van der Waals surface area (Å²) in [6.07, 6.45) is 1.56. The number of nitrogens with zero attached hydrogens (tertiary/aromatic N) is 1. The van der Waals surface area contributed by atoms with Crippen molar-refractivity contribution in [1.29, 1.82) is 0 Å². The van der Waals surface area contributed by atoms with E-state index in [1.165, 1.54) is 12.1 Å². The van der Waals surface area contributed by atoms with Gasteiger partial charge in [0.2, 0.25) is 10.0 Å². The molecule has 0 atom stereocenters. The van der Waals surface area contributed by atoms with E-state index in [4.69, 9.17) is 4.42 Å². The van der Waals surface area contributed by atoms with Crippen LogP contribution >= 0.6 is 11.3 Å². The standard InChI is InChI=1S/C24H22N2O4S2/c27-24(26(17-21-10-5-13-30-21)18-22-11-6-14-31-22)20-9-4-12-23(15-20)32(28,29)25-16-19-7-2-1-3-8-19/h1-15,25H,16-18H2. The van der Waals surface area contributed by atoms with Gasteiger partial charge in [0.1, 0.15) is 5.76 Å². The average Bonchev–Trinajstić information content (AvgIpc) is 3.52. The Labute approximate surface area is 191 Å². The van der Waals surface area contributed by atoms with Crippen LogP contribution in [0.2, 0.25) is 0 Å².